The van der Waals surface area contributed by atoms with Crippen LogP contribution in [0.5, 0.6) is 0 Å². The minimum atomic E-state index is -0.204. The molecule has 2 heteroatoms. The second-order valence-corrected chi connectivity index (χ2v) is 7.44. The van der Waals surface area contributed by atoms with Gasteiger partial charge in [-0.25, -0.2) is 0 Å². The molecule has 4 atom stereocenters. The summed E-state index contributed by atoms with van der Waals surface area (Å²) in [6.07, 6.45) is 12.2. The maximum absolute atomic E-state index is 10.3. The highest BCUT2D eigenvalue weighted by Gasteiger charge is 2.48. The summed E-state index contributed by atoms with van der Waals surface area (Å²) >= 11 is 0. The molecule has 116 valence electrons. The van der Waals surface area contributed by atoms with E-state index in [1.807, 2.05) is 0 Å². The standard InChI is InChI=1S/C19H28O2/c1-13-5-8-16(20)12-15(13)7-6-14-4-3-11-19(2)17(14)9-10-18(19)21/h6-7,16-18,20-21H,1,3-5,8-12H2,2H3/b14-6+,15-7-/t16?,17-,18?,19-/m0/s1. The van der Waals surface area contributed by atoms with Crippen molar-refractivity contribution in [2.75, 3.05) is 0 Å². The van der Waals surface area contributed by atoms with Crippen molar-refractivity contribution in [2.24, 2.45) is 11.3 Å². The van der Waals surface area contributed by atoms with Crippen LogP contribution in [-0.2, 0) is 0 Å². The smallest absolute Gasteiger partial charge is 0.0599 e. The molecule has 3 aliphatic carbocycles. The Kier molecular flexibility index (Phi) is 4.11. The molecule has 0 amide bonds. The number of allylic oxidation sites excluding steroid dienone is 4. The fourth-order valence-corrected chi connectivity index (χ4v) is 4.61. The molecular formula is C19H28O2. The normalized spacial score (nSPS) is 44.3. The molecule has 21 heavy (non-hydrogen) atoms. The number of rotatable bonds is 1. The van der Waals surface area contributed by atoms with Crippen LogP contribution in [0.2, 0.25) is 0 Å². The van der Waals surface area contributed by atoms with Crippen molar-refractivity contribution in [3.05, 3.63) is 35.5 Å². The van der Waals surface area contributed by atoms with Gasteiger partial charge in [-0.1, -0.05) is 36.8 Å². The molecule has 2 nitrogen and oxygen atoms in total. The zero-order chi connectivity index (χ0) is 15.0. The summed E-state index contributed by atoms with van der Waals surface area (Å²) in [5, 5.41) is 20.1. The van der Waals surface area contributed by atoms with Crippen LogP contribution < -0.4 is 0 Å². The quantitative estimate of drug-likeness (QED) is 0.768. The van der Waals surface area contributed by atoms with Crippen molar-refractivity contribution < 1.29 is 10.2 Å². The average Bonchev–Trinajstić information content (AvgIpc) is 2.76. The predicted octanol–water partition coefficient (Wildman–Crippen LogP) is 3.90. The average molecular weight is 288 g/mol. The molecular weight excluding hydrogens is 260 g/mol. The van der Waals surface area contributed by atoms with Gasteiger partial charge in [-0.3, -0.25) is 0 Å². The van der Waals surface area contributed by atoms with Crippen LogP contribution in [0.1, 0.15) is 58.3 Å². The van der Waals surface area contributed by atoms with E-state index in [1.54, 1.807) is 0 Å². The number of hydrogen-bond acceptors (Lipinski definition) is 2. The lowest BCUT2D eigenvalue weighted by Crippen LogP contribution is -2.36. The molecule has 0 bridgehead atoms. The monoisotopic (exact) mass is 288 g/mol. The van der Waals surface area contributed by atoms with Gasteiger partial charge in [0.1, 0.15) is 0 Å². The van der Waals surface area contributed by atoms with Crippen LogP contribution in [0.25, 0.3) is 0 Å². The third kappa shape index (κ3) is 2.76. The summed E-state index contributed by atoms with van der Waals surface area (Å²) < 4.78 is 0. The lowest BCUT2D eigenvalue weighted by molar-refractivity contribution is 0.0301. The van der Waals surface area contributed by atoms with Gasteiger partial charge in [-0.05, 0) is 62.9 Å². The van der Waals surface area contributed by atoms with E-state index in [1.165, 1.54) is 23.1 Å². The largest absolute Gasteiger partial charge is 0.393 e. The number of aliphatic hydroxyl groups excluding tert-OH is 2. The van der Waals surface area contributed by atoms with Crippen LogP contribution in [0, 0.1) is 11.3 Å². The summed E-state index contributed by atoms with van der Waals surface area (Å²) in [6.45, 7) is 6.40. The SMILES string of the molecule is C=C1CCC(O)C/C1=C/C=C1\CCC[C@]2(C)C(O)CC[C@@H]12. The lowest BCUT2D eigenvalue weighted by atomic mass is 9.66. The molecule has 0 saturated heterocycles. The Morgan fingerprint density at radius 2 is 1.95 bits per heavy atom. The predicted molar refractivity (Wildman–Crippen MR) is 85.9 cm³/mol. The second kappa shape index (κ2) is 5.73. The Bertz CT molecular complexity index is 488. The molecule has 3 saturated carbocycles. The van der Waals surface area contributed by atoms with E-state index in [9.17, 15) is 10.2 Å². The highest BCUT2D eigenvalue weighted by atomic mass is 16.3. The van der Waals surface area contributed by atoms with Crippen LogP contribution in [0.4, 0.5) is 0 Å². The Hall–Kier alpha value is -0.860. The van der Waals surface area contributed by atoms with Crippen molar-refractivity contribution in [1.29, 1.82) is 0 Å². The molecule has 2 N–H and O–H groups in total. The van der Waals surface area contributed by atoms with Crippen LogP contribution in [0.15, 0.2) is 35.5 Å². The Morgan fingerprint density at radius 3 is 2.76 bits per heavy atom. The van der Waals surface area contributed by atoms with Crippen LogP contribution in [0.3, 0.4) is 0 Å². The Balaban J connectivity index is 1.81. The van der Waals surface area contributed by atoms with E-state index in [-0.39, 0.29) is 17.6 Å². The molecule has 2 unspecified atom stereocenters. The molecule has 3 rings (SSSR count). The molecule has 3 fully saturated rings. The molecule has 0 aromatic carbocycles. The third-order valence-electron chi connectivity index (χ3n) is 6.10. The first kappa shape index (κ1) is 15.1. The first-order valence-corrected chi connectivity index (χ1v) is 8.44. The number of fused-ring (bicyclic) bond motifs is 1. The first-order valence-electron chi connectivity index (χ1n) is 8.44. The van der Waals surface area contributed by atoms with Crippen molar-refractivity contribution in [1.82, 2.24) is 0 Å². The van der Waals surface area contributed by atoms with Crippen LogP contribution >= 0.6 is 0 Å². The highest BCUT2D eigenvalue weighted by Crippen LogP contribution is 2.54. The third-order valence-corrected chi connectivity index (χ3v) is 6.10. The zero-order valence-electron chi connectivity index (χ0n) is 13.1. The van der Waals surface area contributed by atoms with Gasteiger partial charge in [-0.2, -0.15) is 0 Å². The summed E-state index contributed by atoms with van der Waals surface area (Å²) in [7, 11) is 0. The van der Waals surface area contributed by atoms with Gasteiger partial charge in [0, 0.05) is 5.41 Å². The summed E-state index contributed by atoms with van der Waals surface area (Å²) in [4.78, 5) is 0. The van der Waals surface area contributed by atoms with Gasteiger partial charge in [-0.15, -0.1) is 0 Å². The van der Waals surface area contributed by atoms with Gasteiger partial charge in [0.2, 0.25) is 0 Å². The minimum Gasteiger partial charge on any atom is -0.393 e. The highest BCUT2D eigenvalue weighted by molar-refractivity contribution is 5.36. The number of hydrogen-bond donors (Lipinski definition) is 2. The summed E-state index contributed by atoms with van der Waals surface area (Å²) in [5.74, 6) is 0.542. The molecule has 0 spiro atoms. The molecule has 0 aromatic heterocycles. The first-order chi connectivity index (χ1) is 10.0. The fourth-order valence-electron chi connectivity index (χ4n) is 4.61. The van der Waals surface area contributed by atoms with Crippen molar-refractivity contribution >= 4 is 0 Å². The van der Waals surface area contributed by atoms with E-state index < -0.39 is 0 Å². The van der Waals surface area contributed by atoms with E-state index in [4.69, 9.17) is 0 Å². The number of aliphatic hydroxyl groups is 2. The van der Waals surface area contributed by atoms with Crippen molar-refractivity contribution in [3.8, 4) is 0 Å². The Labute approximate surface area is 128 Å². The van der Waals surface area contributed by atoms with Crippen molar-refractivity contribution in [3.63, 3.8) is 0 Å². The van der Waals surface area contributed by atoms with E-state index in [2.05, 4.69) is 25.7 Å². The van der Waals surface area contributed by atoms with E-state index in [0.717, 1.165) is 44.9 Å². The second-order valence-electron chi connectivity index (χ2n) is 7.44. The van der Waals surface area contributed by atoms with E-state index in [0.29, 0.717) is 5.92 Å². The molecule has 0 aliphatic heterocycles. The molecule has 0 heterocycles. The van der Waals surface area contributed by atoms with Gasteiger partial charge >= 0.3 is 0 Å². The van der Waals surface area contributed by atoms with Gasteiger partial charge in [0.15, 0.2) is 0 Å². The minimum absolute atomic E-state index is 0.0890. The lowest BCUT2D eigenvalue weighted by Gasteiger charge is -2.40. The Morgan fingerprint density at radius 1 is 1.14 bits per heavy atom. The van der Waals surface area contributed by atoms with E-state index >= 15 is 0 Å². The maximum Gasteiger partial charge on any atom is 0.0599 e. The van der Waals surface area contributed by atoms with Crippen LogP contribution in [-0.4, -0.2) is 22.4 Å². The fraction of sp³-hybridized carbons (Fsp3) is 0.684. The summed E-state index contributed by atoms with van der Waals surface area (Å²) in [5.41, 5.74) is 3.99. The van der Waals surface area contributed by atoms with Crippen molar-refractivity contribution in [2.45, 2.75) is 70.5 Å². The zero-order valence-corrected chi connectivity index (χ0v) is 13.1. The summed E-state index contributed by atoms with van der Waals surface area (Å²) in [6, 6.07) is 0. The van der Waals surface area contributed by atoms with Gasteiger partial charge in [0.05, 0.1) is 12.2 Å². The maximum atomic E-state index is 10.3. The molecule has 0 radical (unpaired) electrons. The van der Waals surface area contributed by atoms with Gasteiger partial charge in [0.25, 0.3) is 0 Å². The topological polar surface area (TPSA) is 40.5 Å². The molecule has 3 aliphatic rings. The molecule has 0 aromatic rings. The van der Waals surface area contributed by atoms with Gasteiger partial charge < -0.3 is 10.2 Å².